The van der Waals surface area contributed by atoms with Gasteiger partial charge in [-0.05, 0) is 29.8 Å². The molecule has 25 heavy (non-hydrogen) atoms. The second-order valence-electron chi connectivity index (χ2n) is 5.66. The van der Waals surface area contributed by atoms with E-state index in [0.29, 0.717) is 11.2 Å². The van der Waals surface area contributed by atoms with E-state index in [2.05, 4.69) is 33.6 Å². The maximum Gasteiger partial charge on any atom is 0.204 e. The Labute approximate surface area is 155 Å². The fraction of sp³-hybridized carbons (Fsp3) is 0.105. The molecule has 0 amide bonds. The minimum atomic E-state index is -0.407. The molecule has 0 saturated heterocycles. The highest BCUT2D eigenvalue weighted by atomic mass is 79.9. The summed E-state index contributed by atoms with van der Waals surface area (Å²) in [4.78, 5) is 2.21. The smallest absolute Gasteiger partial charge is 0.204 e. The van der Waals surface area contributed by atoms with E-state index in [-0.39, 0.29) is 22.6 Å². The Morgan fingerprint density at radius 3 is 2.72 bits per heavy atom. The third kappa shape index (κ3) is 3.74. The summed E-state index contributed by atoms with van der Waals surface area (Å²) in [6, 6.07) is 15.1. The lowest BCUT2D eigenvalue weighted by Crippen LogP contribution is -2.20. The van der Waals surface area contributed by atoms with E-state index in [1.807, 2.05) is 30.5 Å². The molecule has 0 atom stereocenters. The zero-order valence-electron chi connectivity index (χ0n) is 13.4. The van der Waals surface area contributed by atoms with Gasteiger partial charge in [0.2, 0.25) is 5.58 Å². The van der Waals surface area contributed by atoms with Crippen LogP contribution in [0.15, 0.2) is 77.1 Å². The van der Waals surface area contributed by atoms with E-state index in [4.69, 9.17) is 4.52 Å². The molecule has 0 radical (unpaired) electrons. The van der Waals surface area contributed by atoms with Crippen LogP contribution in [0, 0.1) is 5.82 Å². The van der Waals surface area contributed by atoms with Gasteiger partial charge in [-0.1, -0.05) is 41.6 Å². The molecule has 4 nitrogen and oxygen atoms in total. The summed E-state index contributed by atoms with van der Waals surface area (Å²) in [7, 11) is 0. The fourth-order valence-electron chi connectivity index (χ4n) is 2.71. The zero-order valence-corrected chi connectivity index (χ0v) is 15.1. The molecule has 1 N–H and O–H groups in total. The Morgan fingerprint density at radius 1 is 1.12 bits per heavy atom. The number of nitrogens with one attached hydrogen (secondary N) is 1. The lowest BCUT2D eigenvalue weighted by Gasteiger charge is -2.22. The highest BCUT2D eigenvalue weighted by molar-refractivity contribution is 8.93. The fourth-order valence-corrected chi connectivity index (χ4v) is 2.71. The van der Waals surface area contributed by atoms with Crippen LogP contribution in [-0.4, -0.2) is 16.6 Å². The van der Waals surface area contributed by atoms with Gasteiger partial charge in [0.25, 0.3) is 0 Å². The summed E-state index contributed by atoms with van der Waals surface area (Å²) in [5, 5.41) is 7.75. The molecular formula is C19H17BrFN3O. The number of hydrogen-bond acceptors (Lipinski definition) is 4. The quantitative estimate of drug-likeness (QED) is 0.676. The summed E-state index contributed by atoms with van der Waals surface area (Å²) < 4.78 is 18.7. The standard InChI is InChI=1S/C19H16FN3O.BrH/c20-17-8-4-7-16-18(17)24-22-19(16)21-15-9-11-23(12-10-15)13-14-5-2-1-3-6-14;/h1-11H,12-13H2,(H,21,22);1H. The lowest BCUT2D eigenvalue weighted by molar-refractivity contribution is 0.404. The number of allylic oxidation sites excluding steroid dienone is 1. The maximum absolute atomic E-state index is 13.6. The number of fused-ring (bicyclic) bond motifs is 1. The first-order valence-corrected chi connectivity index (χ1v) is 7.77. The minimum Gasteiger partial charge on any atom is -0.369 e. The van der Waals surface area contributed by atoms with Crippen molar-refractivity contribution >= 4 is 33.8 Å². The Hall–Kier alpha value is -2.60. The average Bonchev–Trinajstić information content (AvgIpc) is 3.02. The van der Waals surface area contributed by atoms with Crippen LogP contribution in [0.25, 0.3) is 11.0 Å². The van der Waals surface area contributed by atoms with Crippen molar-refractivity contribution in [1.29, 1.82) is 0 Å². The molecule has 0 saturated carbocycles. The monoisotopic (exact) mass is 401 g/mol. The van der Waals surface area contributed by atoms with Crippen LogP contribution in [0.1, 0.15) is 5.56 Å². The van der Waals surface area contributed by atoms with Crippen molar-refractivity contribution in [2.75, 3.05) is 11.9 Å². The van der Waals surface area contributed by atoms with E-state index in [1.165, 1.54) is 11.6 Å². The highest BCUT2D eigenvalue weighted by Crippen LogP contribution is 2.26. The Balaban J connectivity index is 0.00000182. The molecule has 0 spiro atoms. The Kier molecular flexibility index (Phi) is 5.19. The summed E-state index contributed by atoms with van der Waals surface area (Å²) >= 11 is 0. The molecule has 1 aliphatic rings. The van der Waals surface area contributed by atoms with Crippen LogP contribution in [0.2, 0.25) is 0 Å². The van der Waals surface area contributed by atoms with Gasteiger partial charge < -0.3 is 14.7 Å². The minimum absolute atomic E-state index is 0. The number of benzene rings is 2. The van der Waals surface area contributed by atoms with Gasteiger partial charge in [0.1, 0.15) is 0 Å². The second-order valence-corrected chi connectivity index (χ2v) is 5.66. The third-order valence-corrected chi connectivity index (χ3v) is 3.95. The van der Waals surface area contributed by atoms with E-state index in [0.717, 1.165) is 18.8 Å². The predicted octanol–water partition coefficient (Wildman–Crippen LogP) is 4.87. The highest BCUT2D eigenvalue weighted by Gasteiger charge is 2.13. The van der Waals surface area contributed by atoms with Crippen molar-refractivity contribution in [2.24, 2.45) is 0 Å². The number of nitrogens with zero attached hydrogens (tertiary/aromatic N) is 2. The Bertz CT molecular complexity index is 921. The van der Waals surface area contributed by atoms with Crippen LogP contribution in [0.5, 0.6) is 0 Å². The van der Waals surface area contributed by atoms with Gasteiger partial charge in [-0.25, -0.2) is 4.39 Å². The molecule has 1 aromatic heterocycles. The SMILES string of the molecule is Br.Fc1cccc2c(NC3=CCN(Cc4ccccc4)C=C3)noc12. The number of hydrogen-bond donors (Lipinski definition) is 1. The second kappa shape index (κ2) is 7.53. The third-order valence-electron chi connectivity index (χ3n) is 3.95. The topological polar surface area (TPSA) is 41.3 Å². The molecule has 2 heterocycles. The van der Waals surface area contributed by atoms with Gasteiger partial charge in [0.15, 0.2) is 11.6 Å². The lowest BCUT2D eigenvalue weighted by atomic mass is 10.2. The largest absolute Gasteiger partial charge is 0.369 e. The van der Waals surface area contributed by atoms with Crippen molar-refractivity contribution in [1.82, 2.24) is 10.1 Å². The molecule has 3 aromatic rings. The molecule has 0 bridgehead atoms. The average molecular weight is 402 g/mol. The predicted molar refractivity (Wildman–Crippen MR) is 102 cm³/mol. The number of halogens is 2. The maximum atomic E-state index is 13.6. The van der Waals surface area contributed by atoms with Crippen molar-refractivity contribution in [2.45, 2.75) is 6.54 Å². The van der Waals surface area contributed by atoms with Crippen molar-refractivity contribution < 1.29 is 8.91 Å². The number of anilines is 1. The molecule has 2 aromatic carbocycles. The van der Waals surface area contributed by atoms with Crippen molar-refractivity contribution in [3.63, 3.8) is 0 Å². The van der Waals surface area contributed by atoms with Gasteiger partial charge >= 0.3 is 0 Å². The number of aromatic nitrogens is 1. The van der Waals surface area contributed by atoms with Crippen LogP contribution in [0.4, 0.5) is 10.2 Å². The van der Waals surface area contributed by atoms with Gasteiger partial charge in [-0.2, -0.15) is 0 Å². The summed E-state index contributed by atoms with van der Waals surface area (Å²) in [6.07, 6.45) is 6.09. The molecule has 6 heteroatoms. The van der Waals surface area contributed by atoms with E-state index in [1.54, 1.807) is 12.1 Å². The van der Waals surface area contributed by atoms with Crippen molar-refractivity contribution in [3.8, 4) is 0 Å². The van der Waals surface area contributed by atoms with Gasteiger partial charge in [-0.3, -0.25) is 0 Å². The summed E-state index contributed by atoms with van der Waals surface area (Å²) in [5.41, 5.74) is 2.36. The molecular weight excluding hydrogens is 385 g/mol. The van der Waals surface area contributed by atoms with Crippen LogP contribution < -0.4 is 5.32 Å². The molecule has 1 aliphatic heterocycles. The molecule has 0 fully saturated rings. The first-order valence-electron chi connectivity index (χ1n) is 7.77. The van der Waals surface area contributed by atoms with E-state index < -0.39 is 5.82 Å². The number of rotatable bonds is 4. The normalized spacial score (nSPS) is 13.5. The Morgan fingerprint density at radius 2 is 1.96 bits per heavy atom. The van der Waals surface area contributed by atoms with Gasteiger partial charge in [0.05, 0.1) is 5.39 Å². The van der Waals surface area contributed by atoms with Crippen LogP contribution in [0.3, 0.4) is 0 Å². The van der Waals surface area contributed by atoms with E-state index in [9.17, 15) is 4.39 Å². The van der Waals surface area contributed by atoms with Crippen LogP contribution in [-0.2, 0) is 6.54 Å². The first kappa shape index (κ1) is 17.2. The van der Waals surface area contributed by atoms with Crippen LogP contribution >= 0.6 is 17.0 Å². The summed E-state index contributed by atoms with van der Waals surface area (Å²) in [5.74, 6) is 0.118. The van der Waals surface area contributed by atoms with E-state index >= 15 is 0 Å². The molecule has 4 rings (SSSR count). The zero-order chi connectivity index (χ0) is 16.4. The van der Waals surface area contributed by atoms with Crippen molar-refractivity contribution in [3.05, 3.63) is 84.0 Å². The first-order chi connectivity index (χ1) is 11.8. The molecule has 128 valence electrons. The molecule has 0 aliphatic carbocycles. The summed E-state index contributed by atoms with van der Waals surface area (Å²) in [6.45, 7) is 1.65. The van der Waals surface area contributed by atoms with Gasteiger partial charge in [0, 0.05) is 25.0 Å². The molecule has 0 unspecified atom stereocenters. The number of para-hydroxylation sites is 1. The van der Waals surface area contributed by atoms with Gasteiger partial charge in [-0.15, -0.1) is 17.0 Å².